The maximum absolute atomic E-state index is 14.0. The third-order valence-corrected chi connectivity index (χ3v) is 5.00. The predicted molar refractivity (Wildman–Crippen MR) is 103 cm³/mol. The van der Waals surface area contributed by atoms with Crippen LogP contribution in [0, 0.1) is 5.82 Å². The molecule has 1 heterocycles. The van der Waals surface area contributed by atoms with Crippen LogP contribution in [-0.4, -0.2) is 29.8 Å². The first-order valence-electron chi connectivity index (χ1n) is 8.31. The number of halogens is 3. The standard InChI is InChI=1S/C19H17BrClFN2O2/c20-12-4-7-16(22)15(10-12)18(25)23-17-11-13(21)5-6-14(17)19(26)24-8-2-1-3-9-24/h4-7,10-11H,1-3,8-9H2,(H,23,25). The first-order valence-corrected chi connectivity index (χ1v) is 9.48. The van der Waals surface area contributed by atoms with Crippen molar-refractivity contribution in [3.63, 3.8) is 0 Å². The minimum Gasteiger partial charge on any atom is -0.339 e. The minimum absolute atomic E-state index is 0.115. The highest BCUT2D eigenvalue weighted by molar-refractivity contribution is 9.10. The first kappa shape index (κ1) is 18.9. The van der Waals surface area contributed by atoms with Crippen molar-refractivity contribution in [2.75, 3.05) is 18.4 Å². The Morgan fingerprint density at radius 1 is 1.04 bits per heavy atom. The van der Waals surface area contributed by atoms with Gasteiger partial charge < -0.3 is 10.2 Å². The van der Waals surface area contributed by atoms with Gasteiger partial charge in [0.05, 0.1) is 16.8 Å². The van der Waals surface area contributed by atoms with Crippen LogP contribution in [0.4, 0.5) is 10.1 Å². The van der Waals surface area contributed by atoms with Gasteiger partial charge >= 0.3 is 0 Å². The van der Waals surface area contributed by atoms with Crippen LogP contribution >= 0.6 is 27.5 Å². The molecule has 0 bridgehead atoms. The van der Waals surface area contributed by atoms with Gasteiger partial charge in [-0.15, -0.1) is 0 Å². The van der Waals surface area contributed by atoms with Gasteiger partial charge in [0.25, 0.3) is 11.8 Å². The molecular weight excluding hydrogens is 423 g/mol. The second-order valence-electron chi connectivity index (χ2n) is 6.12. The molecule has 136 valence electrons. The molecule has 0 saturated carbocycles. The van der Waals surface area contributed by atoms with E-state index in [1.54, 1.807) is 17.0 Å². The molecule has 1 aliphatic rings. The second kappa shape index (κ2) is 8.18. The Morgan fingerprint density at radius 3 is 2.50 bits per heavy atom. The van der Waals surface area contributed by atoms with Gasteiger partial charge in [-0.2, -0.15) is 0 Å². The summed E-state index contributed by atoms with van der Waals surface area (Å²) in [6.45, 7) is 1.38. The van der Waals surface area contributed by atoms with Gasteiger partial charge in [0.2, 0.25) is 0 Å². The van der Waals surface area contributed by atoms with E-state index in [2.05, 4.69) is 21.2 Å². The summed E-state index contributed by atoms with van der Waals surface area (Å²) >= 11 is 9.26. The molecule has 0 aromatic heterocycles. The first-order chi connectivity index (χ1) is 12.5. The van der Waals surface area contributed by atoms with Crippen LogP contribution < -0.4 is 5.32 Å². The molecule has 7 heteroatoms. The van der Waals surface area contributed by atoms with Crippen molar-refractivity contribution < 1.29 is 14.0 Å². The number of nitrogens with zero attached hydrogens (tertiary/aromatic N) is 1. The Bertz CT molecular complexity index is 853. The topological polar surface area (TPSA) is 49.4 Å². The number of benzene rings is 2. The van der Waals surface area contributed by atoms with Crippen molar-refractivity contribution in [3.8, 4) is 0 Å². The molecule has 0 unspecified atom stereocenters. The third-order valence-electron chi connectivity index (χ3n) is 4.28. The van der Waals surface area contributed by atoms with Crippen molar-refractivity contribution in [3.05, 3.63) is 62.8 Å². The molecule has 3 rings (SSSR count). The summed E-state index contributed by atoms with van der Waals surface area (Å²) < 4.78 is 14.6. The van der Waals surface area contributed by atoms with Crippen molar-refractivity contribution in [1.82, 2.24) is 4.90 Å². The van der Waals surface area contributed by atoms with Crippen molar-refractivity contribution in [1.29, 1.82) is 0 Å². The van der Waals surface area contributed by atoms with E-state index in [-0.39, 0.29) is 17.2 Å². The Labute approximate surface area is 164 Å². The summed E-state index contributed by atoms with van der Waals surface area (Å²) in [6, 6.07) is 8.81. The van der Waals surface area contributed by atoms with Crippen molar-refractivity contribution in [2.24, 2.45) is 0 Å². The highest BCUT2D eigenvalue weighted by atomic mass is 79.9. The van der Waals surface area contributed by atoms with E-state index in [1.165, 1.54) is 24.3 Å². The predicted octanol–water partition coefficient (Wildman–Crippen LogP) is 5.12. The minimum atomic E-state index is -0.642. The average molecular weight is 440 g/mol. The summed E-state index contributed by atoms with van der Waals surface area (Å²) in [5.41, 5.74) is 0.508. The number of carbonyl (C=O) groups is 2. The second-order valence-corrected chi connectivity index (χ2v) is 7.47. The lowest BCUT2D eigenvalue weighted by atomic mass is 10.1. The van der Waals surface area contributed by atoms with E-state index in [0.29, 0.717) is 28.1 Å². The molecule has 1 saturated heterocycles. The number of hydrogen-bond acceptors (Lipinski definition) is 2. The molecule has 0 aliphatic carbocycles. The molecular formula is C19H17BrClFN2O2. The number of carbonyl (C=O) groups excluding carboxylic acids is 2. The van der Waals surface area contributed by atoms with Crippen LogP contribution in [0.2, 0.25) is 5.02 Å². The smallest absolute Gasteiger partial charge is 0.258 e. The van der Waals surface area contributed by atoms with Gasteiger partial charge in [-0.1, -0.05) is 27.5 Å². The molecule has 1 aliphatic heterocycles. The number of likely N-dealkylation sites (tertiary alicyclic amines) is 1. The lowest BCUT2D eigenvalue weighted by molar-refractivity contribution is 0.0725. The fourth-order valence-electron chi connectivity index (χ4n) is 2.93. The molecule has 1 N–H and O–H groups in total. The summed E-state index contributed by atoms with van der Waals surface area (Å²) in [4.78, 5) is 27.1. The molecule has 26 heavy (non-hydrogen) atoms. The summed E-state index contributed by atoms with van der Waals surface area (Å²) in [6.07, 6.45) is 3.03. The maximum Gasteiger partial charge on any atom is 0.258 e. The SMILES string of the molecule is O=C(Nc1cc(Cl)ccc1C(=O)N1CCCCC1)c1cc(Br)ccc1F. The van der Waals surface area contributed by atoms with E-state index >= 15 is 0 Å². The number of amides is 2. The summed E-state index contributed by atoms with van der Waals surface area (Å²) in [7, 11) is 0. The number of anilines is 1. The molecule has 0 radical (unpaired) electrons. The fraction of sp³-hybridized carbons (Fsp3) is 0.263. The van der Waals surface area contributed by atoms with E-state index in [0.717, 1.165) is 19.3 Å². The van der Waals surface area contributed by atoms with Crippen LogP contribution in [0.3, 0.4) is 0 Å². The number of piperidine rings is 1. The van der Waals surface area contributed by atoms with Crippen molar-refractivity contribution >= 4 is 45.0 Å². The van der Waals surface area contributed by atoms with Gasteiger partial charge in [-0.25, -0.2) is 4.39 Å². The van der Waals surface area contributed by atoms with Crippen LogP contribution in [0.25, 0.3) is 0 Å². The van der Waals surface area contributed by atoms with Gasteiger partial charge in [-0.05, 0) is 55.7 Å². The van der Waals surface area contributed by atoms with Gasteiger partial charge in [0.15, 0.2) is 0 Å². The monoisotopic (exact) mass is 438 g/mol. The van der Waals surface area contributed by atoms with Crippen LogP contribution in [0.1, 0.15) is 40.0 Å². The quantitative estimate of drug-likeness (QED) is 0.721. The molecule has 2 aromatic rings. The zero-order chi connectivity index (χ0) is 18.7. The Kier molecular flexibility index (Phi) is 5.94. The molecule has 0 atom stereocenters. The molecule has 4 nitrogen and oxygen atoms in total. The molecule has 0 spiro atoms. The van der Waals surface area contributed by atoms with E-state index in [4.69, 9.17) is 11.6 Å². The van der Waals surface area contributed by atoms with Crippen LogP contribution in [0.5, 0.6) is 0 Å². The zero-order valence-electron chi connectivity index (χ0n) is 13.9. The normalized spacial score (nSPS) is 14.2. The van der Waals surface area contributed by atoms with E-state index < -0.39 is 11.7 Å². The number of hydrogen-bond donors (Lipinski definition) is 1. The highest BCUT2D eigenvalue weighted by Crippen LogP contribution is 2.25. The number of rotatable bonds is 3. The Morgan fingerprint density at radius 2 is 1.77 bits per heavy atom. The summed E-state index contributed by atoms with van der Waals surface area (Å²) in [5, 5.41) is 3.00. The van der Waals surface area contributed by atoms with E-state index in [1.807, 2.05) is 0 Å². The fourth-order valence-corrected chi connectivity index (χ4v) is 3.47. The zero-order valence-corrected chi connectivity index (χ0v) is 16.2. The van der Waals surface area contributed by atoms with Crippen molar-refractivity contribution in [2.45, 2.75) is 19.3 Å². The molecule has 2 amide bonds. The lowest BCUT2D eigenvalue weighted by Gasteiger charge is -2.27. The Balaban J connectivity index is 1.89. The maximum atomic E-state index is 14.0. The van der Waals surface area contributed by atoms with Gasteiger partial charge in [0, 0.05) is 22.6 Å². The molecule has 1 fully saturated rings. The van der Waals surface area contributed by atoms with Gasteiger partial charge in [0.1, 0.15) is 5.82 Å². The van der Waals surface area contributed by atoms with Crippen LogP contribution in [0.15, 0.2) is 40.9 Å². The Hall–Kier alpha value is -1.92. The van der Waals surface area contributed by atoms with Crippen LogP contribution in [-0.2, 0) is 0 Å². The average Bonchev–Trinajstić information content (AvgIpc) is 2.64. The van der Waals surface area contributed by atoms with Gasteiger partial charge in [-0.3, -0.25) is 9.59 Å². The largest absolute Gasteiger partial charge is 0.339 e. The third kappa shape index (κ3) is 4.24. The summed E-state index contributed by atoms with van der Waals surface area (Å²) in [5.74, 6) is -1.44. The highest BCUT2D eigenvalue weighted by Gasteiger charge is 2.22. The lowest BCUT2D eigenvalue weighted by Crippen LogP contribution is -2.36. The van der Waals surface area contributed by atoms with E-state index in [9.17, 15) is 14.0 Å². The molecule has 2 aromatic carbocycles. The number of nitrogens with one attached hydrogen (secondary N) is 1.